The van der Waals surface area contributed by atoms with Gasteiger partial charge in [0, 0.05) is 0 Å². The molecule has 60 valence electrons. The quantitative estimate of drug-likeness (QED) is 0.580. The molecule has 2 aliphatic rings. The molecule has 0 spiro atoms. The third-order valence-corrected chi connectivity index (χ3v) is 2.89. The molecule has 2 bridgehead atoms. The molecule has 0 saturated heterocycles. The highest BCUT2D eigenvalue weighted by Crippen LogP contribution is 2.41. The van der Waals surface area contributed by atoms with Crippen molar-refractivity contribution in [3.63, 3.8) is 0 Å². The van der Waals surface area contributed by atoms with E-state index in [1.54, 1.807) is 0 Å². The predicted molar refractivity (Wildman–Crippen MR) is 41.1 cm³/mol. The lowest BCUT2D eigenvalue weighted by atomic mass is 9.78. The second-order valence-corrected chi connectivity index (χ2v) is 3.51. The molecule has 0 aromatic heterocycles. The highest BCUT2D eigenvalue weighted by atomic mass is 16.4. The van der Waals surface area contributed by atoms with Crippen molar-refractivity contribution in [2.45, 2.75) is 19.3 Å². The first-order valence-corrected chi connectivity index (χ1v) is 4.20. The fourth-order valence-electron chi connectivity index (χ4n) is 2.35. The van der Waals surface area contributed by atoms with Crippen LogP contribution in [-0.4, -0.2) is 11.1 Å². The Bertz CT molecular complexity index is 194. The molecule has 2 nitrogen and oxygen atoms in total. The van der Waals surface area contributed by atoms with Gasteiger partial charge in [-0.1, -0.05) is 18.6 Å². The monoisotopic (exact) mass is 152 g/mol. The zero-order valence-corrected chi connectivity index (χ0v) is 6.36. The largest absolute Gasteiger partial charge is 0.481 e. The van der Waals surface area contributed by atoms with Crippen LogP contribution in [-0.2, 0) is 4.79 Å². The van der Waals surface area contributed by atoms with E-state index in [2.05, 4.69) is 12.2 Å². The van der Waals surface area contributed by atoms with Crippen molar-refractivity contribution >= 4 is 5.97 Å². The molecule has 0 amide bonds. The number of aliphatic carboxylic acids is 1. The molecule has 0 aromatic rings. The van der Waals surface area contributed by atoms with E-state index in [4.69, 9.17) is 5.11 Å². The van der Waals surface area contributed by atoms with E-state index < -0.39 is 5.97 Å². The van der Waals surface area contributed by atoms with Crippen molar-refractivity contribution in [1.82, 2.24) is 0 Å². The molecule has 1 fully saturated rings. The number of allylic oxidation sites excluding steroid dienone is 2. The Balaban J connectivity index is 2.19. The van der Waals surface area contributed by atoms with Gasteiger partial charge in [-0.05, 0) is 24.7 Å². The molecule has 0 radical (unpaired) electrons. The van der Waals surface area contributed by atoms with Gasteiger partial charge in [0.1, 0.15) is 0 Å². The summed E-state index contributed by atoms with van der Waals surface area (Å²) in [5.74, 6) is -0.0223. The van der Waals surface area contributed by atoms with Crippen LogP contribution in [0.1, 0.15) is 19.3 Å². The molecule has 2 atom stereocenters. The number of rotatable bonds is 1. The lowest BCUT2D eigenvalue weighted by Crippen LogP contribution is -2.28. The van der Waals surface area contributed by atoms with Gasteiger partial charge in [-0.15, -0.1) is 0 Å². The van der Waals surface area contributed by atoms with Crippen LogP contribution < -0.4 is 0 Å². The summed E-state index contributed by atoms with van der Waals surface area (Å²) in [7, 11) is 0. The smallest absolute Gasteiger partial charge is 0.307 e. The molecule has 0 aliphatic heterocycles. The van der Waals surface area contributed by atoms with Crippen LogP contribution in [0.15, 0.2) is 12.2 Å². The maximum absolute atomic E-state index is 10.8. The van der Waals surface area contributed by atoms with Gasteiger partial charge < -0.3 is 5.11 Å². The molecule has 2 rings (SSSR count). The molecule has 0 heterocycles. The van der Waals surface area contributed by atoms with E-state index in [1.807, 2.05) is 0 Å². The van der Waals surface area contributed by atoms with E-state index in [1.165, 1.54) is 6.42 Å². The first kappa shape index (κ1) is 6.89. The number of carboxylic acids is 1. The Kier molecular flexibility index (Phi) is 1.48. The number of carboxylic acid groups (broad SMARTS) is 1. The molecular weight excluding hydrogens is 140 g/mol. The Morgan fingerprint density at radius 2 is 1.82 bits per heavy atom. The van der Waals surface area contributed by atoms with Crippen LogP contribution in [0.5, 0.6) is 0 Å². The van der Waals surface area contributed by atoms with E-state index in [-0.39, 0.29) is 5.92 Å². The average molecular weight is 152 g/mol. The second kappa shape index (κ2) is 2.36. The van der Waals surface area contributed by atoms with Crippen molar-refractivity contribution in [3.8, 4) is 0 Å². The lowest BCUT2D eigenvalue weighted by Gasteiger charge is -2.26. The van der Waals surface area contributed by atoms with Crippen LogP contribution in [0.4, 0.5) is 0 Å². The lowest BCUT2D eigenvalue weighted by molar-refractivity contribution is -0.145. The highest BCUT2D eigenvalue weighted by molar-refractivity contribution is 5.72. The minimum atomic E-state index is -0.607. The predicted octanol–water partition coefficient (Wildman–Crippen LogP) is 1.67. The maximum atomic E-state index is 10.8. The topological polar surface area (TPSA) is 37.3 Å². The molecule has 2 unspecified atom stereocenters. The van der Waals surface area contributed by atoms with E-state index >= 15 is 0 Å². The van der Waals surface area contributed by atoms with Gasteiger partial charge in [-0.2, -0.15) is 0 Å². The zero-order chi connectivity index (χ0) is 7.84. The van der Waals surface area contributed by atoms with Gasteiger partial charge in [0.15, 0.2) is 0 Å². The van der Waals surface area contributed by atoms with Gasteiger partial charge >= 0.3 is 5.97 Å². The standard InChI is InChI=1S/C9H12O2/c10-9(11)8-6-2-1-3-7(8)5-4-6/h4-8H,1-3H2,(H,10,11). The summed E-state index contributed by atoms with van der Waals surface area (Å²) >= 11 is 0. The Morgan fingerprint density at radius 1 is 1.27 bits per heavy atom. The van der Waals surface area contributed by atoms with Crippen molar-refractivity contribution in [3.05, 3.63) is 12.2 Å². The van der Waals surface area contributed by atoms with Crippen LogP contribution >= 0.6 is 0 Å². The second-order valence-electron chi connectivity index (χ2n) is 3.51. The number of hydrogen-bond donors (Lipinski definition) is 1. The van der Waals surface area contributed by atoms with Crippen molar-refractivity contribution in [2.75, 3.05) is 0 Å². The SMILES string of the molecule is O=C(O)C1C2C=CC1CCC2. The first-order valence-electron chi connectivity index (χ1n) is 4.20. The number of fused-ring (bicyclic) bond motifs is 2. The molecule has 1 saturated carbocycles. The molecular formula is C9H12O2. The molecule has 2 heteroatoms. The molecule has 0 aromatic carbocycles. The summed E-state index contributed by atoms with van der Waals surface area (Å²) in [6.45, 7) is 0. The van der Waals surface area contributed by atoms with Crippen molar-refractivity contribution in [1.29, 1.82) is 0 Å². The summed E-state index contributed by atoms with van der Waals surface area (Å²) in [5.41, 5.74) is 0. The summed E-state index contributed by atoms with van der Waals surface area (Å²) in [6.07, 6.45) is 7.53. The van der Waals surface area contributed by atoms with Crippen LogP contribution in [0, 0.1) is 17.8 Å². The molecule has 2 aliphatic carbocycles. The Hall–Kier alpha value is -0.790. The maximum Gasteiger partial charge on any atom is 0.307 e. The fraction of sp³-hybridized carbons (Fsp3) is 0.667. The summed E-state index contributed by atoms with van der Waals surface area (Å²) < 4.78 is 0. The van der Waals surface area contributed by atoms with Gasteiger partial charge in [-0.25, -0.2) is 0 Å². The van der Waals surface area contributed by atoms with E-state index in [0.717, 1.165) is 12.8 Å². The van der Waals surface area contributed by atoms with Gasteiger partial charge in [0.2, 0.25) is 0 Å². The van der Waals surface area contributed by atoms with E-state index in [0.29, 0.717) is 11.8 Å². The van der Waals surface area contributed by atoms with Crippen LogP contribution in [0.2, 0.25) is 0 Å². The summed E-state index contributed by atoms with van der Waals surface area (Å²) in [5, 5.41) is 8.88. The Morgan fingerprint density at radius 3 is 2.18 bits per heavy atom. The molecule has 11 heavy (non-hydrogen) atoms. The summed E-state index contributed by atoms with van der Waals surface area (Å²) in [6, 6.07) is 0. The van der Waals surface area contributed by atoms with Crippen LogP contribution in [0.3, 0.4) is 0 Å². The van der Waals surface area contributed by atoms with Gasteiger partial charge in [-0.3, -0.25) is 4.79 Å². The van der Waals surface area contributed by atoms with Gasteiger partial charge in [0.25, 0.3) is 0 Å². The van der Waals surface area contributed by atoms with Gasteiger partial charge in [0.05, 0.1) is 5.92 Å². The van der Waals surface area contributed by atoms with E-state index in [9.17, 15) is 4.79 Å². The highest BCUT2D eigenvalue weighted by Gasteiger charge is 2.39. The fourth-order valence-corrected chi connectivity index (χ4v) is 2.35. The minimum Gasteiger partial charge on any atom is -0.481 e. The van der Waals surface area contributed by atoms with Crippen molar-refractivity contribution < 1.29 is 9.90 Å². The number of carbonyl (C=O) groups is 1. The normalized spacial score (nSPS) is 40.9. The zero-order valence-electron chi connectivity index (χ0n) is 6.36. The number of hydrogen-bond acceptors (Lipinski definition) is 1. The van der Waals surface area contributed by atoms with Crippen LogP contribution in [0.25, 0.3) is 0 Å². The average Bonchev–Trinajstić information content (AvgIpc) is 2.23. The first-order chi connectivity index (χ1) is 5.29. The minimum absolute atomic E-state index is 0.0938. The Labute approximate surface area is 65.9 Å². The molecule has 1 N–H and O–H groups in total. The summed E-state index contributed by atoms with van der Waals surface area (Å²) in [4.78, 5) is 10.8. The van der Waals surface area contributed by atoms with Crippen molar-refractivity contribution in [2.24, 2.45) is 17.8 Å². The third-order valence-electron chi connectivity index (χ3n) is 2.89. The third kappa shape index (κ3) is 0.971.